The zero-order chi connectivity index (χ0) is 22.2. The Morgan fingerprint density at radius 3 is 2.81 bits per heavy atom. The summed E-state index contributed by atoms with van der Waals surface area (Å²) in [6.45, 7) is 1.67. The normalized spacial score (nSPS) is 17.5. The maximum Gasteiger partial charge on any atom is 0.253 e. The number of likely N-dealkylation sites (N-methyl/N-ethyl adjacent to an activating group) is 1. The third kappa shape index (κ3) is 3.48. The molecule has 0 unspecified atom stereocenters. The van der Waals surface area contributed by atoms with Crippen LogP contribution in [0.4, 0.5) is 0 Å². The van der Waals surface area contributed by atoms with E-state index in [9.17, 15) is 4.79 Å². The minimum Gasteiger partial charge on any atom is -0.361 e. The van der Waals surface area contributed by atoms with E-state index in [1.54, 1.807) is 10.8 Å². The molecule has 0 aliphatic carbocycles. The topological polar surface area (TPSA) is 74.0 Å². The van der Waals surface area contributed by atoms with Gasteiger partial charge in [-0.2, -0.15) is 0 Å². The van der Waals surface area contributed by atoms with E-state index < -0.39 is 0 Å². The van der Waals surface area contributed by atoms with Crippen molar-refractivity contribution in [2.75, 3.05) is 13.6 Å². The second kappa shape index (κ2) is 8.05. The molecule has 0 atom stereocenters. The molecule has 5 rings (SSSR count). The van der Waals surface area contributed by atoms with Gasteiger partial charge in [0.1, 0.15) is 0 Å². The maximum atomic E-state index is 12.6. The highest BCUT2D eigenvalue weighted by atomic mass is 16.1. The lowest BCUT2D eigenvalue weighted by molar-refractivity contribution is 0.310. The number of nitrogens with one attached hydrogen (secondary N) is 2. The van der Waals surface area contributed by atoms with E-state index in [4.69, 9.17) is 5.41 Å². The van der Waals surface area contributed by atoms with Crippen LogP contribution in [0.2, 0.25) is 0 Å². The summed E-state index contributed by atoms with van der Waals surface area (Å²) in [7, 11) is 3.91. The van der Waals surface area contributed by atoms with Gasteiger partial charge in [-0.3, -0.25) is 9.78 Å². The van der Waals surface area contributed by atoms with Gasteiger partial charge in [0, 0.05) is 78.9 Å². The van der Waals surface area contributed by atoms with Gasteiger partial charge < -0.3 is 20.2 Å². The predicted molar refractivity (Wildman–Crippen MR) is 129 cm³/mol. The lowest BCUT2D eigenvalue weighted by atomic mass is 9.92. The Hall–Kier alpha value is -3.77. The van der Waals surface area contributed by atoms with Crippen LogP contribution in [-0.2, 0) is 20.0 Å². The standard InChI is InChI=1S/C26H25N5O/c1-30-10-8-21-24(15-30)23(16-31(2)26(21)32)20-5-6-25(29-14-20)22(12-27)18-3-4-19-13-28-9-7-17(19)11-18/h3-7,9,11-14,16,27,29H,8,10,15H2,1-2H3/b25-22+,27-12?. The molecule has 0 spiro atoms. The van der Waals surface area contributed by atoms with Gasteiger partial charge >= 0.3 is 0 Å². The Morgan fingerprint density at radius 1 is 1.16 bits per heavy atom. The Morgan fingerprint density at radius 2 is 2.03 bits per heavy atom. The molecule has 3 aromatic rings. The molecule has 0 saturated carbocycles. The first-order valence-corrected chi connectivity index (χ1v) is 10.7. The summed E-state index contributed by atoms with van der Waals surface area (Å²) < 4.78 is 1.69. The van der Waals surface area contributed by atoms with Gasteiger partial charge in [0.05, 0.1) is 0 Å². The Bertz CT molecular complexity index is 1390. The maximum absolute atomic E-state index is 12.6. The molecule has 4 heterocycles. The first-order chi connectivity index (χ1) is 15.5. The summed E-state index contributed by atoms with van der Waals surface area (Å²) in [5.74, 6) is 0. The molecule has 0 saturated heterocycles. The van der Waals surface area contributed by atoms with Crippen molar-refractivity contribution in [1.82, 2.24) is 19.8 Å². The monoisotopic (exact) mass is 423 g/mol. The minimum absolute atomic E-state index is 0.100. The van der Waals surface area contributed by atoms with E-state index in [-0.39, 0.29) is 5.56 Å². The molecule has 0 bridgehead atoms. The molecule has 0 amide bonds. The summed E-state index contributed by atoms with van der Waals surface area (Å²) >= 11 is 0. The minimum atomic E-state index is 0.100. The summed E-state index contributed by atoms with van der Waals surface area (Å²) in [5, 5.41) is 13.6. The van der Waals surface area contributed by atoms with E-state index in [1.807, 2.05) is 49.9 Å². The van der Waals surface area contributed by atoms with Crippen molar-refractivity contribution >= 4 is 28.1 Å². The summed E-state index contributed by atoms with van der Waals surface area (Å²) in [4.78, 5) is 19.1. The van der Waals surface area contributed by atoms with Gasteiger partial charge in [0.2, 0.25) is 0 Å². The SMILES string of the molecule is CN1CCc2c(c(C3=CN/C(=C(\C=N)c4ccc5cnccc5c4)C=C3)cn(C)c2=O)C1. The van der Waals surface area contributed by atoms with Gasteiger partial charge in [-0.05, 0) is 53.8 Å². The number of allylic oxidation sites excluding steroid dienone is 4. The van der Waals surface area contributed by atoms with E-state index in [0.29, 0.717) is 0 Å². The lowest BCUT2D eigenvalue weighted by Gasteiger charge is -2.28. The number of benzene rings is 1. The van der Waals surface area contributed by atoms with Crippen molar-refractivity contribution in [3.63, 3.8) is 0 Å². The number of aromatic nitrogens is 2. The molecular formula is C26H25N5O. The highest BCUT2D eigenvalue weighted by molar-refractivity contribution is 6.11. The zero-order valence-corrected chi connectivity index (χ0v) is 18.2. The fourth-order valence-corrected chi connectivity index (χ4v) is 4.50. The number of nitrogens with zero attached hydrogens (tertiary/aromatic N) is 3. The van der Waals surface area contributed by atoms with Gasteiger partial charge in [0.15, 0.2) is 0 Å². The molecule has 2 aliphatic rings. The van der Waals surface area contributed by atoms with Crippen molar-refractivity contribution in [3.8, 4) is 0 Å². The first-order valence-electron chi connectivity index (χ1n) is 10.7. The average Bonchev–Trinajstić information content (AvgIpc) is 2.82. The molecule has 0 radical (unpaired) electrons. The van der Waals surface area contributed by atoms with Crippen LogP contribution < -0.4 is 10.9 Å². The highest BCUT2D eigenvalue weighted by Gasteiger charge is 2.22. The predicted octanol–water partition coefficient (Wildman–Crippen LogP) is 3.48. The van der Waals surface area contributed by atoms with Gasteiger partial charge in [-0.15, -0.1) is 0 Å². The summed E-state index contributed by atoms with van der Waals surface area (Å²) in [5.41, 5.74) is 6.90. The molecule has 1 aromatic carbocycles. The van der Waals surface area contributed by atoms with Crippen molar-refractivity contribution in [1.29, 1.82) is 5.41 Å². The Labute approximate surface area is 186 Å². The number of dihydropyridines is 1. The van der Waals surface area contributed by atoms with Crippen LogP contribution in [0, 0.1) is 5.41 Å². The van der Waals surface area contributed by atoms with E-state index in [0.717, 1.165) is 69.4 Å². The fourth-order valence-electron chi connectivity index (χ4n) is 4.50. The number of fused-ring (bicyclic) bond motifs is 2. The van der Waals surface area contributed by atoms with Crippen LogP contribution in [0.5, 0.6) is 0 Å². The van der Waals surface area contributed by atoms with E-state index >= 15 is 0 Å². The van der Waals surface area contributed by atoms with Gasteiger partial charge in [0.25, 0.3) is 5.56 Å². The second-order valence-corrected chi connectivity index (χ2v) is 8.39. The van der Waals surface area contributed by atoms with E-state index in [1.165, 1.54) is 6.21 Å². The van der Waals surface area contributed by atoms with Crippen molar-refractivity contribution in [2.45, 2.75) is 13.0 Å². The van der Waals surface area contributed by atoms with Crippen LogP contribution in [0.3, 0.4) is 0 Å². The Kier molecular flexibility index (Phi) is 5.07. The van der Waals surface area contributed by atoms with Crippen LogP contribution >= 0.6 is 0 Å². The second-order valence-electron chi connectivity index (χ2n) is 8.39. The highest BCUT2D eigenvalue weighted by Crippen LogP contribution is 2.29. The van der Waals surface area contributed by atoms with Crippen LogP contribution in [0.15, 0.2) is 71.7 Å². The molecule has 0 fully saturated rings. The average molecular weight is 424 g/mol. The van der Waals surface area contributed by atoms with Gasteiger partial charge in [-0.25, -0.2) is 0 Å². The molecule has 2 aliphatic heterocycles. The third-order valence-corrected chi connectivity index (χ3v) is 6.27. The molecule has 2 aromatic heterocycles. The molecule has 32 heavy (non-hydrogen) atoms. The fraction of sp³-hybridized carbons (Fsp3) is 0.192. The largest absolute Gasteiger partial charge is 0.361 e. The molecular weight excluding hydrogens is 398 g/mol. The van der Waals surface area contributed by atoms with Gasteiger partial charge in [-0.1, -0.05) is 18.2 Å². The Balaban J connectivity index is 1.53. The third-order valence-electron chi connectivity index (χ3n) is 6.27. The van der Waals surface area contributed by atoms with E-state index in [2.05, 4.69) is 34.4 Å². The zero-order valence-electron chi connectivity index (χ0n) is 18.2. The molecule has 6 nitrogen and oxygen atoms in total. The van der Waals surface area contributed by atoms with Crippen molar-refractivity contribution in [3.05, 3.63) is 99.5 Å². The number of hydrogen-bond acceptors (Lipinski definition) is 5. The van der Waals surface area contributed by atoms with Crippen molar-refractivity contribution in [2.24, 2.45) is 7.05 Å². The van der Waals surface area contributed by atoms with Crippen LogP contribution in [-0.4, -0.2) is 34.3 Å². The smallest absolute Gasteiger partial charge is 0.253 e. The quantitative estimate of drug-likeness (QED) is 0.633. The van der Waals surface area contributed by atoms with Crippen LogP contribution in [0.25, 0.3) is 21.9 Å². The number of hydrogen-bond donors (Lipinski definition) is 2. The van der Waals surface area contributed by atoms with Crippen LogP contribution in [0.1, 0.15) is 22.3 Å². The summed E-state index contributed by atoms with van der Waals surface area (Å²) in [6.07, 6.45) is 13.8. The molecule has 160 valence electrons. The number of pyridine rings is 2. The first kappa shape index (κ1) is 20.2. The molecule has 6 heteroatoms. The lowest BCUT2D eigenvalue weighted by Crippen LogP contribution is -2.34. The summed E-state index contributed by atoms with van der Waals surface area (Å²) in [6, 6.07) is 8.11. The van der Waals surface area contributed by atoms with Crippen molar-refractivity contribution < 1.29 is 0 Å². The number of rotatable bonds is 3. The number of aryl methyl sites for hydroxylation is 1. The molecule has 2 N–H and O–H groups in total.